The molecule has 0 unspecified atom stereocenters. The van der Waals surface area contributed by atoms with E-state index in [-0.39, 0.29) is 28.4 Å². The molecule has 2 aromatic heterocycles. The molecule has 0 aliphatic carbocycles. The van der Waals surface area contributed by atoms with Crippen LogP contribution in [0.15, 0.2) is 267 Å². The Balaban J connectivity index is 1.07. The summed E-state index contributed by atoms with van der Waals surface area (Å²) < 4.78 is 5.00. The standard InChI is InChI=1S/C94H80BClN2S2/c1-91(2,3)65-45-63(46-66(51-65)92(4,5)6)61-42-44-78-77(49-61)95-76-43-41-62(64-47-67(93(7,8)9)52-68(48-64)94(10,11)12)50-79(76)98(88-73(58-31-19-14-20-32-58)56-75-71-38-26-28-40-83(71)100-90(75)85(88)60-35-23-16-24-36-60)81-54-69(96)53-80(86(81)95)97(78)87-72(57-29-17-13-18-30-57)55-74-70-37-25-27-39-82(70)99-89(74)84(87)59-33-21-15-22-34-59/h13-56H,1-12H3. The summed E-state index contributed by atoms with van der Waals surface area (Å²) >= 11 is 12.0. The molecule has 13 aromatic carbocycles. The molecule has 0 bridgehead atoms. The molecular formula is C94H80BClN2S2. The molecule has 0 spiro atoms. The smallest absolute Gasteiger partial charge is 0.252 e. The highest BCUT2D eigenvalue weighted by Gasteiger charge is 2.46. The first kappa shape index (κ1) is 63.7. The van der Waals surface area contributed by atoms with Gasteiger partial charge in [-0.05, 0) is 153 Å². The lowest BCUT2D eigenvalue weighted by atomic mass is 9.33. The van der Waals surface area contributed by atoms with Gasteiger partial charge in [-0.2, -0.15) is 0 Å². The van der Waals surface area contributed by atoms with E-state index in [0.29, 0.717) is 5.02 Å². The van der Waals surface area contributed by atoms with Gasteiger partial charge in [-0.15, -0.1) is 22.7 Å². The first-order chi connectivity index (χ1) is 48.0. The first-order valence-electron chi connectivity index (χ1n) is 35.3. The lowest BCUT2D eigenvalue weighted by Gasteiger charge is -2.46. The monoisotopic (exact) mass is 1350 g/mol. The van der Waals surface area contributed by atoms with Crippen LogP contribution in [0.25, 0.3) is 107 Å². The number of rotatable bonds is 8. The van der Waals surface area contributed by atoms with E-state index in [4.69, 9.17) is 11.6 Å². The Morgan fingerprint density at radius 2 is 0.660 bits per heavy atom. The lowest BCUT2D eigenvalue weighted by molar-refractivity contribution is 0.568. The van der Waals surface area contributed by atoms with Crippen molar-refractivity contribution in [1.29, 1.82) is 0 Å². The second-order valence-corrected chi connectivity index (χ2v) is 34.4. The second-order valence-electron chi connectivity index (χ2n) is 31.8. The fourth-order valence-electron chi connectivity index (χ4n) is 15.7. The molecule has 0 atom stereocenters. The SMILES string of the molecule is CC(C)(C)c1cc(-c2ccc3c(c2)B2c4ccc(-c5cc(C(C)(C)C)cc(C(C)(C)C)c5)cc4N(c4c(-c5ccccc5)cc5c(sc6ccccc65)c4-c4ccccc4)c4cc(Cl)cc(c42)N3c2c(-c3ccccc3)cc3c(sc4ccccc43)c2-c2ccccc2)cc(C(C)(C)C)c1. The maximum Gasteiger partial charge on any atom is 0.252 e. The zero-order valence-electron chi connectivity index (χ0n) is 59.1. The van der Waals surface area contributed by atoms with Crippen LogP contribution in [-0.2, 0) is 21.7 Å². The summed E-state index contributed by atoms with van der Waals surface area (Å²) in [6.07, 6.45) is 0. The van der Waals surface area contributed by atoms with Crippen molar-refractivity contribution < 1.29 is 0 Å². The zero-order valence-corrected chi connectivity index (χ0v) is 61.5. The van der Waals surface area contributed by atoms with E-state index < -0.39 is 0 Å². The normalized spacial score (nSPS) is 13.2. The van der Waals surface area contributed by atoms with Gasteiger partial charge in [-0.25, -0.2) is 0 Å². The topological polar surface area (TPSA) is 6.48 Å². The van der Waals surface area contributed by atoms with Gasteiger partial charge in [0.15, 0.2) is 0 Å². The van der Waals surface area contributed by atoms with Crippen molar-refractivity contribution in [2.45, 2.75) is 105 Å². The van der Waals surface area contributed by atoms with Crippen LogP contribution in [-0.4, -0.2) is 6.71 Å². The Kier molecular flexibility index (Phi) is 15.1. The van der Waals surface area contributed by atoms with E-state index in [9.17, 15) is 0 Å². The van der Waals surface area contributed by atoms with Gasteiger partial charge in [0.1, 0.15) is 0 Å². The molecule has 6 heteroatoms. The molecular weight excluding hydrogens is 1270 g/mol. The molecule has 0 saturated carbocycles. The average Bonchev–Trinajstić information content (AvgIpc) is 0.933. The van der Waals surface area contributed by atoms with Gasteiger partial charge < -0.3 is 9.80 Å². The van der Waals surface area contributed by atoms with Crippen LogP contribution in [0.2, 0.25) is 5.02 Å². The predicted octanol–water partition coefficient (Wildman–Crippen LogP) is 26.4. The Labute approximate surface area is 602 Å². The third kappa shape index (κ3) is 10.7. The number of thiophene rings is 2. The van der Waals surface area contributed by atoms with Crippen LogP contribution in [0.4, 0.5) is 34.1 Å². The molecule has 17 rings (SSSR count). The number of fused-ring (bicyclic) bond motifs is 10. The molecule has 2 aliphatic rings. The lowest BCUT2D eigenvalue weighted by Crippen LogP contribution is -2.61. The third-order valence-electron chi connectivity index (χ3n) is 21.1. The van der Waals surface area contributed by atoms with Crippen molar-refractivity contribution >= 4 is 132 Å². The minimum atomic E-state index is -0.269. The minimum Gasteiger partial charge on any atom is -0.310 e. The highest BCUT2D eigenvalue weighted by Crippen LogP contribution is 2.58. The summed E-state index contributed by atoms with van der Waals surface area (Å²) in [5.41, 5.74) is 29.1. The van der Waals surface area contributed by atoms with Gasteiger partial charge in [0.2, 0.25) is 0 Å². The number of hydrogen-bond donors (Lipinski definition) is 0. The number of anilines is 6. The Hall–Kier alpha value is -9.75. The van der Waals surface area contributed by atoms with Gasteiger partial charge in [0.25, 0.3) is 6.71 Å². The molecule has 0 saturated heterocycles. The Morgan fingerprint density at radius 1 is 0.290 bits per heavy atom. The van der Waals surface area contributed by atoms with Crippen LogP contribution in [0, 0.1) is 0 Å². The molecule has 0 N–H and O–H groups in total. The average molecular weight is 1350 g/mol. The van der Waals surface area contributed by atoms with Crippen molar-refractivity contribution in [3.05, 3.63) is 294 Å². The van der Waals surface area contributed by atoms with Gasteiger partial charge in [0, 0.05) is 90.4 Å². The van der Waals surface area contributed by atoms with Crippen LogP contribution in [0.5, 0.6) is 0 Å². The third-order valence-corrected chi connectivity index (χ3v) is 23.7. The van der Waals surface area contributed by atoms with Crippen molar-refractivity contribution in [2.24, 2.45) is 0 Å². The fourth-order valence-corrected chi connectivity index (χ4v) is 18.4. The van der Waals surface area contributed by atoms with Crippen molar-refractivity contribution in [3.8, 4) is 66.8 Å². The molecule has 488 valence electrons. The number of nitrogens with zero attached hydrogens (tertiary/aromatic N) is 2. The van der Waals surface area contributed by atoms with Gasteiger partial charge in [-0.1, -0.05) is 313 Å². The zero-order chi connectivity index (χ0) is 68.9. The van der Waals surface area contributed by atoms with Crippen LogP contribution in [0.1, 0.15) is 105 Å². The highest BCUT2D eigenvalue weighted by molar-refractivity contribution is 7.27. The number of hydrogen-bond acceptors (Lipinski definition) is 4. The van der Waals surface area contributed by atoms with Crippen molar-refractivity contribution in [2.75, 3.05) is 9.80 Å². The highest BCUT2D eigenvalue weighted by atomic mass is 35.5. The summed E-state index contributed by atoms with van der Waals surface area (Å²) in [6.45, 7) is 27.9. The molecule has 2 aliphatic heterocycles. The van der Waals surface area contributed by atoms with E-state index in [1.807, 2.05) is 22.7 Å². The van der Waals surface area contributed by atoms with Gasteiger partial charge in [-0.3, -0.25) is 0 Å². The van der Waals surface area contributed by atoms with Crippen molar-refractivity contribution in [3.63, 3.8) is 0 Å². The largest absolute Gasteiger partial charge is 0.310 e. The van der Waals surface area contributed by atoms with E-state index in [0.717, 1.165) is 73.1 Å². The van der Waals surface area contributed by atoms with Crippen LogP contribution >= 0.6 is 34.3 Å². The van der Waals surface area contributed by atoms with Crippen LogP contribution in [0.3, 0.4) is 0 Å². The van der Waals surface area contributed by atoms with E-state index >= 15 is 0 Å². The number of halogens is 1. The molecule has 0 fully saturated rings. The van der Waals surface area contributed by atoms with E-state index in [1.165, 1.54) is 107 Å². The molecule has 15 aromatic rings. The van der Waals surface area contributed by atoms with Crippen LogP contribution < -0.4 is 26.2 Å². The minimum absolute atomic E-state index is 0.0966. The maximum atomic E-state index is 8.22. The summed E-state index contributed by atoms with van der Waals surface area (Å²) in [4.78, 5) is 5.32. The molecule has 100 heavy (non-hydrogen) atoms. The molecule has 2 nitrogen and oxygen atoms in total. The van der Waals surface area contributed by atoms with E-state index in [1.54, 1.807) is 0 Å². The van der Waals surface area contributed by atoms with Crippen molar-refractivity contribution in [1.82, 2.24) is 0 Å². The first-order valence-corrected chi connectivity index (χ1v) is 37.3. The Morgan fingerprint density at radius 3 is 1.08 bits per heavy atom. The Bertz CT molecular complexity index is 5720. The number of benzene rings is 13. The summed E-state index contributed by atoms with van der Waals surface area (Å²) in [5, 5.41) is 5.64. The summed E-state index contributed by atoms with van der Waals surface area (Å²) in [7, 11) is 0. The quantitative estimate of drug-likeness (QED) is 0.140. The summed E-state index contributed by atoms with van der Waals surface area (Å²) in [6, 6.07) is 102. The predicted molar refractivity (Wildman–Crippen MR) is 439 cm³/mol. The van der Waals surface area contributed by atoms with Gasteiger partial charge >= 0.3 is 0 Å². The summed E-state index contributed by atoms with van der Waals surface area (Å²) in [5.74, 6) is 0. The van der Waals surface area contributed by atoms with Gasteiger partial charge in [0.05, 0.1) is 11.4 Å². The molecule has 0 amide bonds. The fraction of sp³-hybridized carbons (Fsp3) is 0.170. The van der Waals surface area contributed by atoms with E-state index in [2.05, 4.69) is 360 Å². The molecule has 4 heterocycles. The molecule has 0 radical (unpaired) electrons. The second kappa shape index (κ2) is 23.7. The maximum absolute atomic E-state index is 8.22.